The normalized spacial score (nSPS) is 28.0. The lowest BCUT2D eigenvalue weighted by Crippen LogP contribution is -2.35. The van der Waals surface area contributed by atoms with Crippen molar-refractivity contribution in [3.8, 4) is 0 Å². The fraction of sp³-hybridized carbons (Fsp3) is 1.00. The van der Waals surface area contributed by atoms with E-state index in [0.29, 0.717) is 17.7 Å². The van der Waals surface area contributed by atoms with Gasteiger partial charge >= 0.3 is 0 Å². The summed E-state index contributed by atoms with van der Waals surface area (Å²) in [6, 6.07) is 0.653. The molecule has 106 valence electrons. The molecular weight excluding hydrogens is 222 g/mol. The molecule has 2 unspecified atom stereocenters. The summed E-state index contributed by atoms with van der Waals surface area (Å²) in [5.41, 5.74) is 0.303. The van der Waals surface area contributed by atoms with E-state index in [4.69, 9.17) is 4.74 Å². The smallest absolute Gasteiger partial charge is 0.0708 e. The highest BCUT2D eigenvalue weighted by Gasteiger charge is 2.41. The van der Waals surface area contributed by atoms with Crippen molar-refractivity contribution in [2.24, 2.45) is 0 Å². The Morgan fingerprint density at radius 2 is 2.00 bits per heavy atom. The minimum Gasteiger partial charge on any atom is -0.370 e. The Bertz CT molecular complexity index is 235. The molecule has 2 aliphatic rings. The van der Waals surface area contributed by atoms with Crippen LogP contribution in [0, 0.1) is 0 Å². The van der Waals surface area contributed by atoms with Gasteiger partial charge < -0.3 is 10.1 Å². The Morgan fingerprint density at radius 1 is 1.22 bits per heavy atom. The third kappa shape index (κ3) is 3.96. The van der Waals surface area contributed by atoms with E-state index in [0.717, 1.165) is 6.54 Å². The average molecular weight is 253 g/mol. The fourth-order valence-corrected chi connectivity index (χ4v) is 3.56. The highest BCUT2D eigenvalue weighted by atomic mass is 16.5. The summed E-state index contributed by atoms with van der Waals surface area (Å²) in [5.74, 6) is 0. The van der Waals surface area contributed by atoms with E-state index in [-0.39, 0.29) is 0 Å². The average Bonchev–Trinajstić information content (AvgIpc) is 2.98. The molecule has 2 atom stereocenters. The van der Waals surface area contributed by atoms with Gasteiger partial charge in [0, 0.05) is 12.6 Å². The van der Waals surface area contributed by atoms with Crippen molar-refractivity contribution in [2.45, 2.75) is 95.8 Å². The van der Waals surface area contributed by atoms with Crippen LogP contribution in [0.15, 0.2) is 0 Å². The highest BCUT2D eigenvalue weighted by Crippen LogP contribution is 2.43. The molecule has 0 bridgehead atoms. The monoisotopic (exact) mass is 253 g/mol. The summed E-state index contributed by atoms with van der Waals surface area (Å²) >= 11 is 0. The maximum absolute atomic E-state index is 6.32. The first-order chi connectivity index (χ1) is 8.74. The number of rotatable bonds is 7. The Labute approximate surface area is 113 Å². The lowest BCUT2D eigenvalue weighted by atomic mass is 9.98. The van der Waals surface area contributed by atoms with E-state index >= 15 is 0 Å². The lowest BCUT2D eigenvalue weighted by Gasteiger charge is -2.24. The van der Waals surface area contributed by atoms with Gasteiger partial charge in [-0.2, -0.15) is 0 Å². The number of nitrogens with one attached hydrogen (secondary N) is 1. The Kier molecular flexibility index (Phi) is 5.50. The molecule has 2 fully saturated rings. The van der Waals surface area contributed by atoms with Gasteiger partial charge in [0.1, 0.15) is 0 Å². The van der Waals surface area contributed by atoms with Gasteiger partial charge in [-0.1, -0.05) is 39.0 Å². The maximum atomic E-state index is 6.32. The third-order valence-electron chi connectivity index (χ3n) is 4.79. The molecule has 1 heterocycles. The first-order valence-corrected chi connectivity index (χ1v) is 8.15. The van der Waals surface area contributed by atoms with Crippen molar-refractivity contribution in [2.75, 3.05) is 6.54 Å². The van der Waals surface area contributed by atoms with Gasteiger partial charge in [0.05, 0.1) is 11.7 Å². The van der Waals surface area contributed by atoms with Crippen LogP contribution < -0.4 is 5.32 Å². The molecule has 2 heteroatoms. The molecule has 1 aliphatic heterocycles. The van der Waals surface area contributed by atoms with E-state index in [2.05, 4.69) is 19.2 Å². The number of ether oxygens (including phenoxy) is 1. The third-order valence-corrected chi connectivity index (χ3v) is 4.79. The SMILES string of the molecule is CCCCCC(C)NCC1CCC2(CCCC2)O1. The van der Waals surface area contributed by atoms with E-state index in [1.807, 2.05) is 0 Å². The second-order valence-corrected chi connectivity index (χ2v) is 6.47. The van der Waals surface area contributed by atoms with Gasteiger partial charge in [-0.05, 0) is 39.0 Å². The molecule has 1 aliphatic carbocycles. The van der Waals surface area contributed by atoms with Crippen molar-refractivity contribution >= 4 is 0 Å². The zero-order valence-corrected chi connectivity index (χ0v) is 12.3. The second kappa shape index (κ2) is 6.91. The van der Waals surface area contributed by atoms with E-state index in [9.17, 15) is 0 Å². The van der Waals surface area contributed by atoms with Crippen LogP contribution in [0.1, 0.15) is 78.1 Å². The van der Waals surface area contributed by atoms with Crippen LogP contribution in [0.3, 0.4) is 0 Å². The Morgan fingerprint density at radius 3 is 2.72 bits per heavy atom. The van der Waals surface area contributed by atoms with E-state index < -0.39 is 0 Å². The Balaban J connectivity index is 1.60. The molecule has 0 aromatic carbocycles. The fourth-order valence-electron chi connectivity index (χ4n) is 3.56. The molecule has 0 aromatic heterocycles. The van der Waals surface area contributed by atoms with E-state index in [1.54, 1.807) is 0 Å². The molecule has 1 saturated carbocycles. The standard InChI is InChI=1S/C16H31NO/c1-3-4-5-8-14(2)17-13-15-9-12-16(18-15)10-6-7-11-16/h14-15,17H,3-13H2,1-2H3. The second-order valence-electron chi connectivity index (χ2n) is 6.47. The quantitative estimate of drug-likeness (QED) is 0.691. The minimum atomic E-state index is 0.303. The van der Waals surface area contributed by atoms with Crippen LogP contribution in [0.4, 0.5) is 0 Å². The van der Waals surface area contributed by atoms with Crippen LogP contribution in [0.5, 0.6) is 0 Å². The molecule has 1 N–H and O–H groups in total. The predicted molar refractivity (Wildman–Crippen MR) is 76.9 cm³/mol. The van der Waals surface area contributed by atoms with Crippen LogP contribution >= 0.6 is 0 Å². The van der Waals surface area contributed by atoms with Gasteiger partial charge in [-0.3, -0.25) is 0 Å². The summed E-state index contributed by atoms with van der Waals surface area (Å²) in [5, 5.41) is 3.66. The molecule has 0 aromatic rings. The zero-order valence-electron chi connectivity index (χ0n) is 12.3. The molecule has 2 nitrogen and oxygen atoms in total. The van der Waals surface area contributed by atoms with Crippen molar-refractivity contribution in [3.63, 3.8) is 0 Å². The highest BCUT2D eigenvalue weighted by molar-refractivity contribution is 4.93. The minimum absolute atomic E-state index is 0.303. The molecular formula is C16H31NO. The van der Waals surface area contributed by atoms with Crippen LogP contribution in [-0.4, -0.2) is 24.3 Å². The molecule has 18 heavy (non-hydrogen) atoms. The van der Waals surface area contributed by atoms with Gasteiger partial charge in [0.2, 0.25) is 0 Å². The van der Waals surface area contributed by atoms with Crippen LogP contribution in [0.25, 0.3) is 0 Å². The van der Waals surface area contributed by atoms with Gasteiger partial charge in [-0.25, -0.2) is 0 Å². The largest absolute Gasteiger partial charge is 0.370 e. The zero-order chi connectivity index (χ0) is 12.8. The summed E-state index contributed by atoms with van der Waals surface area (Å²) in [6.45, 7) is 5.65. The van der Waals surface area contributed by atoms with Crippen molar-refractivity contribution in [3.05, 3.63) is 0 Å². The van der Waals surface area contributed by atoms with Gasteiger partial charge in [0.15, 0.2) is 0 Å². The summed E-state index contributed by atoms with van der Waals surface area (Å²) in [4.78, 5) is 0. The van der Waals surface area contributed by atoms with Crippen molar-refractivity contribution in [1.82, 2.24) is 5.32 Å². The van der Waals surface area contributed by atoms with Crippen LogP contribution in [0.2, 0.25) is 0 Å². The number of hydrogen-bond donors (Lipinski definition) is 1. The molecule has 1 saturated heterocycles. The first kappa shape index (κ1) is 14.3. The lowest BCUT2D eigenvalue weighted by molar-refractivity contribution is -0.0358. The number of hydrogen-bond acceptors (Lipinski definition) is 2. The number of unbranched alkanes of at least 4 members (excludes halogenated alkanes) is 2. The molecule has 0 radical (unpaired) electrons. The topological polar surface area (TPSA) is 21.3 Å². The maximum Gasteiger partial charge on any atom is 0.0708 e. The van der Waals surface area contributed by atoms with Crippen LogP contribution in [-0.2, 0) is 4.74 Å². The van der Waals surface area contributed by atoms with Crippen molar-refractivity contribution in [1.29, 1.82) is 0 Å². The van der Waals surface area contributed by atoms with Gasteiger partial charge in [0.25, 0.3) is 0 Å². The summed E-state index contributed by atoms with van der Waals surface area (Å²) in [7, 11) is 0. The van der Waals surface area contributed by atoms with Gasteiger partial charge in [-0.15, -0.1) is 0 Å². The Hall–Kier alpha value is -0.0800. The van der Waals surface area contributed by atoms with Crippen molar-refractivity contribution < 1.29 is 4.74 Å². The summed E-state index contributed by atoms with van der Waals surface area (Å²) < 4.78 is 6.32. The molecule has 1 spiro atoms. The first-order valence-electron chi connectivity index (χ1n) is 8.15. The molecule has 0 amide bonds. The molecule has 2 rings (SSSR count). The van der Waals surface area contributed by atoms with E-state index in [1.165, 1.54) is 64.2 Å². The summed E-state index contributed by atoms with van der Waals surface area (Å²) in [6.07, 6.45) is 13.8. The predicted octanol–water partition coefficient (Wildman–Crippen LogP) is 4.04.